The Kier molecular flexibility index (Phi) is 5.49. The molecule has 1 heterocycles. The van der Waals surface area contributed by atoms with E-state index in [0.717, 1.165) is 11.1 Å². The lowest BCUT2D eigenvalue weighted by molar-refractivity contribution is 0.102. The highest BCUT2D eigenvalue weighted by atomic mass is 16.5. The molecule has 146 valence electrons. The predicted molar refractivity (Wildman–Crippen MR) is 103 cm³/mol. The minimum Gasteiger partial charge on any atom is -0.493 e. The number of amides is 1. The molecule has 1 amide bonds. The Morgan fingerprint density at radius 1 is 0.929 bits per heavy atom. The van der Waals surface area contributed by atoms with Gasteiger partial charge in [-0.3, -0.25) is 10.1 Å². The first-order valence-electron chi connectivity index (χ1n) is 8.49. The maximum absolute atomic E-state index is 12.6. The number of ether oxygens (including phenoxy) is 3. The van der Waals surface area contributed by atoms with Crippen molar-refractivity contribution in [3.63, 3.8) is 0 Å². The van der Waals surface area contributed by atoms with E-state index in [2.05, 4.69) is 15.5 Å². The summed E-state index contributed by atoms with van der Waals surface area (Å²) in [6.45, 7) is 4.03. The van der Waals surface area contributed by atoms with E-state index in [9.17, 15) is 4.79 Å². The Labute approximate surface area is 162 Å². The molecule has 3 rings (SSSR count). The van der Waals surface area contributed by atoms with Crippen molar-refractivity contribution in [1.82, 2.24) is 10.2 Å². The maximum Gasteiger partial charge on any atom is 0.322 e. The number of hydrogen-bond acceptors (Lipinski definition) is 7. The first kappa shape index (κ1) is 19.2. The number of carbonyl (C=O) groups is 1. The monoisotopic (exact) mass is 383 g/mol. The number of benzene rings is 2. The maximum atomic E-state index is 12.6. The van der Waals surface area contributed by atoms with Crippen LogP contribution in [0, 0.1) is 13.8 Å². The second kappa shape index (κ2) is 7.99. The van der Waals surface area contributed by atoms with E-state index in [1.165, 1.54) is 39.0 Å². The van der Waals surface area contributed by atoms with Gasteiger partial charge in [-0.05, 0) is 49.2 Å². The van der Waals surface area contributed by atoms with Crippen LogP contribution in [0.5, 0.6) is 17.2 Å². The topological polar surface area (TPSA) is 95.7 Å². The molecule has 8 heteroatoms. The summed E-state index contributed by atoms with van der Waals surface area (Å²) in [6, 6.07) is 8.89. The number of carbonyl (C=O) groups excluding carboxylic acids is 1. The molecule has 1 N–H and O–H groups in total. The number of hydrogen-bond donors (Lipinski definition) is 1. The highest BCUT2D eigenvalue weighted by Gasteiger charge is 2.19. The van der Waals surface area contributed by atoms with Gasteiger partial charge in [0.1, 0.15) is 0 Å². The van der Waals surface area contributed by atoms with Gasteiger partial charge in [-0.1, -0.05) is 11.2 Å². The van der Waals surface area contributed by atoms with Gasteiger partial charge in [0.15, 0.2) is 11.5 Å². The number of rotatable bonds is 6. The third kappa shape index (κ3) is 3.75. The zero-order valence-electron chi connectivity index (χ0n) is 16.3. The molecule has 0 aliphatic carbocycles. The molecule has 0 saturated heterocycles. The van der Waals surface area contributed by atoms with Gasteiger partial charge in [-0.2, -0.15) is 0 Å². The van der Waals surface area contributed by atoms with Gasteiger partial charge < -0.3 is 18.6 Å². The van der Waals surface area contributed by atoms with E-state index in [4.69, 9.17) is 18.6 Å². The van der Waals surface area contributed by atoms with Crippen molar-refractivity contribution in [2.24, 2.45) is 0 Å². The first-order chi connectivity index (χ1) is 13.5. The molecule has 0 radical (unpaired) electrons. The van der Waals surface area contributed by atoms with Gasteiger partial charge in [0.2, 0.25) is 11.6 Å². The van der Waals surface area contributed by atoms with Crippen molar-refractivity contribution in [3.05, 3.63) is 47.0 Å². The van der Waals surface area contributed by atoms with E-state index in [1.807, 2.05) is 32.0 Å². The average molecular weight is 383 g/mol. The molecule has 28 heavy (non-hydrogen) atoms. The third-order valence-corrected chi connectivity index (χ3v) is 4.33. The van der Waals surface area contributed by atoms with Crippen LogP contribution < -0.4 is 19.5 Å². The van der Waals surface area contributed by atoms with Crippen molar-refractivity contribution in [1.29, 1.82) is 0 Å². The number of aromatic nitrogens is 2. The summed E-state index contributed by atoms with van der Waals surface area (Å²) in [4.78, 5) is 12.6. The fourth-order valence-corrected chi connectivity index (χ4v) is 2.65. The number of nitrogens with one attached hydrogen (secondary N) is 1. The highest BCUT2D eigenvalue weighted by Crippen LogP contribution is 2.38. The third-order valence-electron chi connectivity index (χ3n) is 4.33. The van der Waals surface area contributed by atoms with Crippen molar-refractivity contribution in [3.8, 4) is 28.7 Å². The molecule has 0 saturated carbocycles. The van der Waals surface area contributed by atoms with Crippen LogP contribution in [-0.4, -0.2) is 37.4 Å². The fourth-order valence-electron chi connectivity index (χ4n) is 2.65. The van der Waals surface area contributed by atoms with Crippen LogP contribution >= 0.6 is 0 Å². The van der Waals surface area contributed by atoms with Crippen molar-refractivity contribution < 1.29 is 23.4 Å². The molecule has 1 aromatic heterocycles. The summed E-state index contributed by atoms with van der Waals surface area (Å²) < 4.78 is 21.4. The normalized spacial score (nSPS) is 10.5. The number of nitrogens with zero attached hydrogens (tertiary/aromatic N) is 2. The van der Waals surface area contributed by atoms with E-state index >= 15 is 0 Å². The summed E-state index contributed by atoms with van der Waals surface area (Å²) in [6.07, 6.45) is 0. The first-order valence-corrected chi connectivity index (χ1v) is 8.49. The zero-order valence-corrected chi connectivity index (χ0v) is 16.3. The second-order valence-corrected chi connectivity index (χ2v) is 6.08. The van der Waals surface area contributed by atoms with Crippen LogP contribution in [0.15, 0.2) is 34.7 Å². The van der Waals surface area contributed by atoms with Gasteiger partial charge >= 0.3 is 6.01 Å². The Balaban J connectivity index is 1.84. The smallest absolute Gasteiger partial charge is 0.322 e. The van der Waals surface area contributed by atoms with Crippen LogP contribution in [0.1, 0.15) is 21.5 Å². The summed E-state index contributed by atoms with van der Waals surface area (Å²) >= 11 is 0. The summed E-state index contributed by atoms with van der Waals surface area (Å²) in [5.41, 5.74) is 3.35. The average Bonchev–Trinajstić information content (AvgIpc) is 3.17. The number of aryl methyl sites for hydroxylation is 2. The van der Waals surface area contributed by atoms with Gasteiger partial charge in [-0.25, -0.2) is 0 Å². The summed E-state index contributed by atoms with van der Waals surface area (Å²) in [7, 11) is 4.45. The molecule has 2 aromatic carbocycles. The molecule has 0 atom stereocenters. The largest absolute Gasteiger partial charge is 0.493 e. The molecule has 0 bridgehead atoms. The van der Waals surface area contributed by atoms with Crippen LogP contribution in [0.3, 0.4) is 0 Å². The Bertz CT molecular complexity index is 988. The standard InChI is InChI=1S/C20H21N3O5/c1-11-6-7-13(8-12(11)2)19-22-23-20(28-19)21-18(24)14-9-15(25-3)17(27-5)16(10-14)26-4/h6-10H,1-5H3,(H,21,23,24). The lowest BCUT2D eigenvalue weighted by Gasteiger charge is -2.13. The fraction of sp³-hybridized carbons (Fsp3) is 0.250. The number of anilines is 1. The lowest BCUT2D eigenvalue weighted by atomic mass is 10.1. The molecular formula is C20H21N3O5. The molecular weight excluding hydrogens is 362 g/mol. The summed E-state index contributed by atoms with van der Waals surface area (Å²) in [5, 5.41) is 10.5. The van der Waals surface area contributed by atoms with Gasteiger partial charge in [0.25, 0.3) is 5.91 Å². The van der Waals surface area contributed by atoms with E-state index in [-0.39, 0.29) is 6.01 Å². The molecule has 8 nitrogen and oxygen atoms in total. The van der Waals surface area contributed by atoms with Crippen LogP contribution in [0.4, 0.5) is 6.01 Å². The molecule has 3 aromatic rings. The van der Waals surface area contributed by atoms with Gasteiger partial charge in [0, 0.05) is 11.1 Å². The lowest BCUT2D eigenvalue weighted by Crippen LogP contribution is -2.13. The Morgan fingerprint density at radius 2 is 1.61 bits per heavy atom. The van der Waals surface area contributed by atoms with E-state index < -0.39 is 5.91 Å². The van der Waals surface area contributed by atoms with Crippen LogP contribution in [0.25, 0.3) is 11.5 Å². The van der Waals surface area contributed by atoms with Crippen molar-refractivity contribution in [2.45, 2.75) is 13.8 Å². The van der Waals surface area contributed by atoms with Gasteiger partial charge in [0.05, 0.1) is 21.3 Å². The molecule has 0 aliphatic heterocycles. The van der Waals surface area contributed by atoms with Crippen molar-refractivity contribution >= 4 is 11.9 Å². The van der Waals surface area contributed by atoms with Crippen LogP contribution in [0.2, 0.25) is 0 Å². The SMILES string of the molecule is COc1cc(C(=O)Nc2nnc(-c3ccc(C)c(C)c3)o2)cc(OC)c1OC. The highest BCUT2D eigenvalue weighted by molar-refractivity contribution is 6.04. The number of methoxy groups -OCH3 is 3. The predicted octanol–water partition coefficient (Wildman–Crippen LogP) is 3.63. The second-order valence-electron chi connectivity index (χ2n) is 6.08. The minimum atomic E-state index is -0.450. The molecule has 0 fully saturated rings. The van der Waals surface area contributed by atoms with Crippen LogP contribution in [-0.2, 0) is 0 Å². The quantitative estimate of drug-likeness (QED) is 0.694. The summed E-state index contributed by atoms with van der Waals surface area (Å²) in [5.74, 6) is 1.01. The van der Waals surface area contributed by atoms with Crippen molar-refractivity contribution in [2.75, 3.05) is 26.6 Å². The minimum absolute atomic E-state index is 0.00743. The molecule has 0 unspecified atom stereocenters. The Morgan fingerprint density at radius 3 is 2.18 bits per heavy atom. The molecule has 0 spiro atoms. The zero-order chi connectivity index (χ0) is 20.3. The van der Waals surface area contributed by atoms with Gasteiger partial charge in [-0.15, -0.1) is 5.10 Å². The van der Waals surface area contributed by atoms with E-state index in [1.54, 1.807) is 0 Å². The molecule has 0 aliphatic rings. The van der Waals surface area contributed by atoms with E-state index in [0.29, 0.717) is 28.7 Å². The Hall–Kier alpha value is -3.55.